The summed E-state index contributed by atoms with van der Waals surface area (Å²) in [5.74, 6) is 0. The van der Waals surface area contributed by atoms with E-state index >= 15 is 0 Å². The van der Waals surface area contributed by atoms with Crippen molar-refractivity contribution in [3.05, 3.63) is 6.33 Å². The second kappa shape index (κ2) is 2.46. The number of rotatable bonds is 1. The molecule has 2 heterocycles. The number of hydrogen-bond donors (Lipinski definition) is 1. The molecule has 0 saturated heterocycles. The van der Waals surface area contributed by atoms with Gasteiger partial charge in [-0.2, -0.15) is 10.3 Å². The molecule has 68 valence electrons. The van der Waals surface area contributed by atoms with Gasteiger partial charge in [0.15, 0.2) is 20.4 Å². The first-order chi connectivity index (χ1) is 6.09. The van der Waals surface area contributed by atoms with Gasteiger partial charge in [0, 0.05) is 6.26 Å². The summed E-state index contributed by atoms with van der Waals surface area (Å²) in [6, 6.07) is 0. The molecule has 13 heavy (non-hydrogen) atoms. The molecule has 0 spiro atoms. The molecule has 2 aromatic heterocycles. The molecule has 8 heteroatoms. The lowest BCUT2D eigenvalue weighted by atomic mass is 10.6. The molecule has 0 bridgehead atoms. The summed E-state index contributed by atoms with van der Waals surface area (Å²) in [6.45, 7) is 0. The van der Waals surface area contributed by atoms with Crippen molar-refractivity contribution in [1.29, 1.82) is 0 Å². The SMILES string of the molecule is CS(=O)(=O)c1ncnc2n[nH]nc12. The van der Waals surface area contributed by atoms with Crippen LogP contribution >= 0.6 is 0 Å². The number of nitrogens with zero attached hydrogens (tertiary/aromatic N) is 4. The molecular formula is C5H5N5O2S. The highest BCUT2D eigenvalue weighted by atomic mass is 32.2. The summed E-state index contributed by atoms with van der Waals surface area (Å²) in [7, 11) is -3.37. The monoisotopic (exact) mass is 199 g/mol. The van der Waals surface area contributed by atoms with E-state index in [1.807, 2.05) is 0 Å². The molecule has 0 aliphatic rings. The van der Waals surface area contributed by atoms with Crippen LogP contribution in [0.4, 0.5) is 0 Å². The van der Waals surface area contributed by atoms with Crippen LogP contribution in [0, 0.1) is 0 Å². The first-order valence-electron chi connectivity index (χ1n) is 3.30. The summed E-state index contributed by atoms with van der Waals surface area (Å²) in [6.07, 6.45) is 2.20. The third-order valence-electron chi connectivity index (χ3n) is 1.44. The molecular weight excluding hydrogens is 194 g/mol. The van der Waals surface area contributed by atoms with Crippen molar-refractivity contribution in [2.45, 2.75) is 5.03 Å². The predicted octanol–water partition coefficient (Wildman–Crippen LogP) is -0.849. The third kappa shape index (κ3) is 1.24. The molecule has 2 rings (SSSR count). The molecule has 0 saturated carbocycles. The van der Waals surface area contributed by atoms with Crippen molar-refractivity contribution < 1.29 is 8.42 Å². The van der Waals surface area contributed by atoms with Gasteiger partial charge >= 0.3 is 0 Å². The van der Waals surface area contributed by atoms with Gasteiger partial charge in [-0.05, 0) is 0 Å². The van der Waals surface area contributed by atoms with E-state index in [1.165, 1.54) is 0 Å². The Bertz CT molecular complexity index is 545. The van der Waals surface area contributed by atoms with Gasteiger partial charge in [0.05, 0.1) is 0 Å². The highest BCUT2D eigenvalue weighted by Crippen LogP contribution is 2.12. The summed E-state index contributed by atoms with van der Waals surface area (Å²) >= 11 is 0. The summed E-state index contributed by atoms with van der Waals surface area (Å²) in [5.41, 5.74) is 0.417. The van der Waals surface area contributed by atoms with Crippen LogP contribution in [0.25, 0.3) is 11.2 Å². The van der Waals surface area contributed by atoms with Gasteiger partial charge in [-0.15, -0.1) is 5.10 Å². The van der Waals surface area contributed by atoms with E-state index in [0.29, 0.717) is 0 Å². The topological polar surface area (TPSA) is 101 Å². The Morgan fingerprint density at radius 2 is 2.08 bits per heavy atom. The lowest BCUT2D eigenvalue weighted by Crippen LogP contribution is -2.02. The molecule has 0 aromatic carbocycles. The molecule has 0 atom stereocenters. The van der Waals surface area contributed by atoms with Crippen LogP contribution in [0.5, 0.6) is 0 Å². The first kappa shape index (κ1) is 8.05. The van der Waals surface area contributed by atoms with Gasteiger partial charge in [-0.1, -0.05) is 0 Å². The fourth-order valence-corrected chi connectivity index (χ4v) is 1.65. The fraction of sp³-hybridized carbons (Fsp3) is 0.200. The molecule has 0 unspecified atom stereocenters. The van der Waals surface area contributed by atoms with Crippen LogP contribution in [-0.4, -0.2) is 40.1 Å². The van der Waals surface area contributed by atoms with E-state index in [9.17, 15) is 8.42 Å². The van der Waals surface area contributed by atoms with Crippen LogP contribution in [0.15, 0.2) is 11.4 Å². The Balaban J connectivity index is 2.91. The van der Waals surface area contributed by atoms with Crippen molar-refractivity contribution in [2.24, 2.45) is 0 Å². The van der Waals surface area contributed by atoms with Gasteiger partial charge in [-0.3, -0.25) is 0 Å². The van der Waals surface area contributed by atoms with Crippen molar-refractivity contribution >= 4 is 21.0 Å². The number of nitrogens with one attached hydrogen (secondary N) is 1. The average molecular weight is 199 g/mol. The molecule has 2 aromatic rings. The molecule has 0 radical (unpaired) electrons. The maximum absolute atomic E-state index is 11.2. The minimum absolute atomic E-state index is 0.105. The van der Waals surface area contributed by atoms with E-state index in [-0.39, 0.29) is 16.2 Å². The van der Waals surface area contributed by atoms with Gasteiger partial charge in [-0.25, -0.2) is 18.4 Å². The maximum Gasteiger partial charge on any atom is 0.206 e. The lowest BCUT2D eigenvalue weighted by Gasteiger charge is -1.94. The Labute approximate surface area is 73.1 Å². The van der Waals surface area contributed by atoms with E-state index in [1.54, 1.807) is 0 Å². The highest BCUT2D eigenvalue weighted by Gasteiger charge is 2.16. The predicted molar refractivity (Wildman–Crippen MR) is 42.6 cm³/mol. The third-order valence-corrected chi connectivity index (χ3v) is 2.44. The van der Waals surface area contributed by atoms with Gasteiger partial charge < -0.3 is 0 Å². The number of H-pyrrole nitrogens is 1. The number of sulfone groups is 1. The van der Waals surface area contributed by atoms with Crippen molar-refractivity contribution in [1.82, 2.24) is 25.4 Å². The van der Waals surface area contributed by atoms with Crippen LogP contribution < -0.4 is 0 Å². The van der Waals surface area contributed by atoms with Crippen molar-refractivity contribution in [2.75, 3.05) is 6.26 Å². The molecule has 0 fully saturated rings. The molecule has 1 N–H and O–H groups in total. The van der Waals surface area contributed by atoms with E-state index in [4.69, 9.17) is 0 Å². The van der Waals surface area contributed by atoms with Crippen molar-refractivity contribution in [3.63, 3.8) is 0 Å². The second-order valence-electron chi connectivity index (χ2n) is 2.45. The molecule has 0 aliphatic carbocycles. The smallest absolute Gasteiger partial charge is 0.206 e. The van der Waals surface area contributed by atoms with Gasteiger partial charge in [0.2, 0.25) is 5.65 Å². The number of aromatic nitrogens is 5. The maximum atomic E-state index is 11.2. The van der Waals surface area contributed by atoms with Crippen LogP contribution in [-0.2, 0) is 9.84 Å². The van der Waals surface area contributed by atoms with E-state index in [0.717, 1.165) is 12.6 Å². The van der Waals surface area contributed by atoms with Crippen LogP contribution in [0.3, 0.4) is 0 Å². The molecule has 7 nitrogen and oxygen atoms in total. The zero-order chi connectivity index (χ0) is 9.47. The summed E-state index contributed by atoms with van der Waals surface area (Å²) < 4.78 is 22.3. The lowest BCUT2D eigenvalue weighted by molar-refractivity contribution is 0.599. The normalized spacial score (nSPS) is 12.1. The van der Waals surface area contributed by atoms with Gasteiger partial charge in [0.1, 0.15) is 6.33 Å². The Morgan fingerprint density at radius 3 is 2.77 bits per heavy atom. The standard InChI is InChI=1S/C5H5N5O2S/c1-13(11,12)5-3-4(6-2-7-5)9-10-8-3/h2H,1H3,(H,6,7,8,9,10). The van der Waals surface area contributed by atoms with E-state index < -0.39 is 9.84 Å². The number of hydrogen-bond acceptors (Lipinski definition) is 6. The van der Waals surface area contributed by atoms with Crippen LogP contribution in [0.2, 0.25) is 0 Å². The molecule has 0 amide bonds. The zero-order valence-corrected chi connectivity index (χ0v) is 7.41. The Morgan fingerprint density at radius 1 is 1.31 bits per heavy atom. The summed E-state index contributed by atoms with van der Waals surface area (Å²) in [4.78, 5) is 7.36. The minimum Gasteiger partial charge on any atom is -0.222 e. The Hall–Kier alpha value is -1.57. The largest absolute Gasteiger partial charge is 0.222 e. The molecule has 0 aliphatic heterocycles. The van der Waals surface area contributed by atoms with E-state index in [2.05, 4.69) is 25.4 Å². The average Bonchev–Trinajstić information content (AvgIpc) is 2.48. The highest BCUT2D eigenvalue weighted by molar-refractivity contribution is 7.90. The zero-order valence-electron chi connectivity index (χ0n) is 6.59. The second-order valence-corrected chi connectivity index (χ2v) is 4.38. The van der Waals surface area contributed by atoms with Crippen LogP contribution in [0.1, 0.15) is 0 Å². The summed E-state index contributed by atoms with van der Waals surface area (Å²) in [5, 5.41) is 9.46. The number of aromatic amines is 1. The van der Waals surface area contributed by atoms with Gasteiger partial charge in [0.25, 0.3) is 0 Å². The fourth-order valence-electron chi connectivity index (χ4n) is 0.927. The first-order valence-corrected chi connectivity index (χ1v) is 5.20. The number of fused-ring (bicyclic) bond motifs is 1. The quantitative estimate of drug-likeness (QED) is 0.600. The Kier molecular flexibility index (Phi) is 1.52. The van der Waals surface area contributed by atoms with Crippen molar-refractivity contribution in [3.8, 4) is 0 Å². The minimum atomic E-state index is -3.37.